The molecule has 0 bridgehead atoms. The predicted octanol–water partition coefficient (Wildman–Crippen LogP) is 3.55. The summed E-state index contributed by atoms with van der Waals surface area (Å²) in [5.74, 6) is 0. The van der Waals surface area contributed by atoms with Crippen molar-refractivity contribution in [1.29, 1.82) is 0 Å². The minimum atomic E-state index is -1.27. The number of rotatable bonds is 2. The van der Waals surface area contributed by atoms with Crippen LogP contribution in [0.5, 0.6) is 0 Å². The molecule has 0 heterocycles. The Hall–Kier alpha value is -1.64. The van der Waals surface area contributed by atoms with E-state index in [2.05, 4.69) is 19.9 Å². The fraction of sp³-hybridized carbons (Fsp3) is 0.400. The number of aliphatic hydroxyl groups is 2. The first-order valence-electron chi connectivity index (χ1n) is 7.85. The van der Waals surface area contributed by atoms with E-state index in [1.54, 1.807) is 6.92 Å². The SMILES string of the molecule is CC1(C)C[C@](O)(Cc2ccccc2)[C@@](C)(O)c2ccccc21. The van der Waals surface area contributed by atoms with Gasteiger partial charge in [-0.2, -0.15) is 0 Å². The molecular formula is C20H24O2. The van der Waals surface area contributed by atoms with Crippen LogP contribution in [0.25, 0.3) is 0 Å². The molecule has 0 aliphatic heterocycles. The molecule has 0 unspecified atom stereocenters. The number of fused-ring (bicyclic) bond motifs is 1. The van der Waals surface area contributed by atoms with Gasteiger partial charge < -0.3 is 10.2 Å². The summed E-state index contributed by atoms with van der Waals surface area (Å²) in [6.45, 7) is 6.01. The Morgan fingerprint density at radius 3 is 2.00 bits per heavy atom. The Bertz CT molecular complexity index is 673. The molecule has 2 atom stereocenters. The van der Waals surface area contributed by atoms with E-state index in [1.807, 2.05) is 48.5 Å². The zero-order chi connectivity index (χ0) is 16.0. The lowest BCUT2D eigenvalue weighted by Gasteiger charge is -2.52. The van der Waals surface area contributed by atoms with Gasteiger partial charge in [0.15, 0.2) is 0 Å². The molecular weight excluding hydrogens is 272 g/mol. The van der Waals surface area contributed by atoms with Gasteiger partial charge in [0.2, 0.25) is 0 Å². The fourth-order valence-electron chi connectivity index (χ4n) is 3.92. The zero-order valence-electron chi connectivity index (χ0n) is 13.5. The molecule has 0 saturated carbocycles. The normalized spacial score (nSPS) is 29.9. The van der Waals surface area contributed by atoms with Gasteiger partial charge in [-0.15, -0.1) is 0 Å². The van der Waals surface area contributed by atoms with Crippen LogP contribution in [0, 0.1) is 0 Å². The molecule has 116 valence electrons. The third-order valence-electron chi connectivity index (χ3n) is 5.16. The Kier molecular flexibility index (Phi) is 3.42. The average molecular weight is 296 g/mol. The van der Waals surface area contributed by atoms with Crippen molar-refractivity contribution in [2.45, 2.75) is 50.2 Å². The minimum absolute atomic E-state index is 0.178. The quantitative estimate of drug-likeness (QED) is 0.890. The zero-order valence-corrected chi connectivity index (χ0v) is 13.5. The predicted molar refractivity (Wildman–Crippen MR) is 88.8 cm³/mol. The second-order valence-electron chi connectivity index (χ2n) is 7.37. The fourth-order valence-corrected chi connectivity index (χ4v) is 3.92. The molecule has 0 saturated heterocycles. The molecule has 0 fully saturated rings. The summed E-state index contributed by atoms with van der Waals surface area (Å²) in [6, 6.07) is 17.8. The van der Waals surface area contributed by atoms with Crippen LogP contribution in [0.4, 0.5) is 0 Å². The van der Waals surface area contributed by atoms with Crippen LogP contribution in [0.3, 0.4) is 0 Å². The molecule has 1 aliphatic carbocycles. The van der Waals surface area contributed by atoms with Gasteiger partial charge in [-0.1, -0.05) is 68.4 Å². The largest absolute Gasteiger partial charge is 0.386 e. The standard InChI is InChI=1S/C20H24O2/c1-18(2)14-20(22,13-15-9-5-4-6-10-15)19(3,21)17-12-8-7-11-16(17)18/h4-12,21-22H,13-14H2,1-3H3/t19-,20+/m0/s1. The molecule has 2 aromatic carbocycles. The molecule has 3 rings (SSSR count). The highest BCUT2D eigenvalue weighted by Crippen LogP contribution is 2.51. The van der Waals surface area contributed by atoms with Crippen LogP contribution in [-0.4, -0.2) is 15.8 Å². The first-order chi connectivity index (χ1) is 10.3. The van der Waals surface area contributed by atoms with Crippen LogP contribution in [0.1, 0.15) is 43.9 Å². The highest BCUT2D eigenvalue weighted by atomic mass is 16.4. The summed E-state index contributed by atoms with van der Waals surface area (Å²) in [4.78, 5) is 0. The second kappa shape index (κ2) is 4.94. The van der Waals surface area contributed by atoms with Crippen molar-refractivity contribution in [3.63, 3.8) is 0 Å². The summed E-state index contributed by atoms with van der Waals surface area (Å²) in [6.07, 6.45) is 0.970. The molecule has 0 aromatic heterocycles. The molecule has 1 aliphatic rings. The smallest absolute Gasteiger partial charge is 0.116 e. The third-order valence-corrected chi connectivity index (χ3v) is 5.16. The average Bonchev–Trinajstić information content (AvgIpc) is 2.46. The molecule has 0 amide bonds. The monoisotopic (exact) mass is 296 g/mol. The first kappa shape index (κ1) is 15.3. The second-order valence-corrected chi connectivity index (χ2v) is 7.37. The highest BCUT2D eigenvalue weighted by Gasteiger charge is 2.55. The van der Waals surface area contributed by atoms with Crippen molar-refractivity contribution in [2.75, 3.05) is 0 Å². The van der Waals surface area contributed by atoms with E-state index in [1.165, 1.54) is 0 Å². The van der Waals surface area contributed by atoms with Gasteiger partial charge in [-0.3, -0.25) is 0 Å². The summed E-state index contributed by atoms with van der Waals surface area (Å²) < 4.78 is 0. The Morgan fingerprint density at radius 1 is 0.818 bits per heavy atom. The number of hydrogen-bond donors (Lipinski definition) is 2. The van der Waals surface area contributed by atoms with Gasteiger partial charge in [0.05, 0.1) is 0 Å². The van der Waals surface area contributed by atoms with E-state index >= 15 is 0 Å². The summed E-state index contributed by atoms with van der Waals surface area (Å²) in [5, 5.41) is 22.6. The highest BCUT2D eigenvalue weighted by molar-refractivity contribution is 5.43. The van der Waals surface area contributed by atoms with Gasteiger partial charge in [-0.05, 0) is 35.4 Å². The summed E-state index contributed by atoms with van der Waals surface area (Å²) >= 11 is 0. The molecule has 0 radical (unpaired) electrons. The molecule has 22 heavy (non-hydrogen) atoms. The number of hydrogen-bond acceptors (Lipinski definition) is 2. The topological polar surface area (TPSA) is 40.5 Å². The van der Waals surface area contributed by atoms with Crippen LogP contribution < -0.4 is 0 Å². The maximum atomic E-state index is 11.4. The van der Waals surface area contributed by atoms with Crippen LogP contribution >= 0.6 is 0 Å². The van der Waals surface area contributed by atoms with Gasteiger partial charge in [0.25, 0.3) is 0 Å². The lowest BCUT2D eigenvalue weighted by atomic mass is 9.58. The third kappa shape index (κ3) is 2.27. The van der Waals surface area contributed by atoms with E-state index in [0.717, 1.165) is 16.7 Å². The van der Waals surface area contributed by atoms with E-state index in [4.69, 9.17) is 0 Å². The van der Waals surface area contributed by atoms with Crippen LogP contribution in [-0.2, 0) is 17.4 Å². The number of benzene rings is 2. The van der Waals surface area contributed by atoms with Crippen molar-refractivity contribution in [3.8, 4) is 0 Å². The minimum Gasteiger partial charge on any atom is -0.386 e. The van der Waals surface area contributed by atoms with Gasteiger partial charge >= 0.3 is 0 Å². The Morgan fingerprint density at radius 2 is 1.36 bits per heavy atom. The van der Waals surface area contributed by atoms with Crippen LogP contribution in [0.15, 0.2) is 54.6 Å². The van der Waals surface area contributed by atoms with Crippen LogP contribution in [0.2, 0.25) is 0 Å². The maximum absolute atomic E-state index is 11.4. The summed E-state index contributed by atoms with van der Waals surface area (Å²) in [7, 11) is 0. The molecule has 0 spiro atoms. The van der Waals surface area contributed by atoms with Gasteiger partial charge in [0.1, 0.15) is 11.2 Å². The van der Waals surface area contributed by atoms with Gasteiger partial charge in [0, 0.05) is 6.42 Å². The molecule has 2 heteroatoms. The lowest BCUT2D eigenvalue weighted by Crippen LogP contribution is -2.58. The molecule has 2 N–H and O–H groups in total. The van der Waals surface area contributed by atoms with Crippen molar-refractivity contribution >= 4 is 0 Å². The van der Waals surface area contributed by atoms with Crippen molar-refractivity contribution < 1.29 is 10.2 Å². The summed E-state index contributed by atoms with van der Waals surface area (Å²) in [5.41, 5.74) is 0.367. The first-order valence-corrected chi connectivity index (χ1v) is 7.85. The van der Waals surface area contributed by atoms with E-state index in [0.29, 0.717) is 12.8 Å². The van der Waals surface area contributed by atoms with E-state index in [9.17, 15) is 10.2 Å². The van der Waals surface area contributed by atoms with Gasteiger partial charge in [-0.25, -0.2) is 0 Å². The van der Waals surface area contributed by atoms with E-state index in [-0.39, 0.29) is 5.41 Å². The van der Waals surface area contributed by atoms with E-state index < -0.39 is 11.2 Å². The molecule has 2 aromatic rings. The lowest BCUT2D eigenvalue weighted by molar-refractivity contribution is -0.168. The molecule has 2 nitrogen and oxygen atoms in total. The Labute approximate surface area is 132 Å². The maximum Gasteiger partial charge on any atom is 0.116 e. The van der Waals surface area contributed by atoms with Crippen molar-refractivity contribution in [1.82, 2.24) is 0 Å². The van der Waals surface area contributed by atoms with Crippen molar-refractivity contribution in [3.05, 3.63) is 71.3 Å². The van der Waals surface area contributed by atoms with Crippen molar-refractivity contribution in [2.24, 2.45) is 0 Å². The Balaban J connectivity index is 2.10.